The van der Waals surface area contributed by atoms with Crippen molar-refractivity contribution in [2.24, 2.45) is 0 Å². The van der Waals surface area contributed by atoms with E-state index in [9.17, 15) is 5.11 Å². The van der Waals surface area contributed by atoms with Crippen molar-refractivity contribution in [3.05, 3.63) is 11.9 Å². The van der Waals surface area contributed by atoms with Crippen molar-refractivity contribution >= 4 is 11.6 Å². The van der Waals surface area contributed by atoms with Crippen LogP contribution in [0.5, 0.6) is 0 Å². The minimum atomic E-state index is -0.744. The Labute approximate surface area is 103 Å². The monoisotopic (exact) mass is 238 g/mol. The van der Waals surface area contributed by atoms with Crippen molar-refractivity contribution in [2.75, 3.05) is 30.9 Å². The molecule has 0 unspecified atom stereocenters. The van der Waals surface area contributed by atoms with Crippen LogP contribution in [0.3, 0.4) is 0 Å². The fourth-order valence-electron chi connectivity index (χ4n) is 1.63. The van der Waals surface area contributed by atoms with E-state index in [0.29, 0.717) is 6.54 Å². The molecule has 5 nitrogen and oxygen atoms in total. The van der Waals surface area contributed by atoms with Crippen LogP contribution in [0.15, 0.2) is 6.07 Å². The Bertz CT molecular complexity index is 351. The molecule has 2 N–H and O–H groups in total. The lowest BCUT2D eigenvalue weighted by atomic mass is 10.1. The first-order chi connectivity index (χ1) is 7.85. The van der Waals surface area contributed by atoms with Crippen molar-refractivity contribution < 1.29 is 5.11 Å². The van der Waals surface area contributed by atoms with E-state index in [2.05, 4.69) is 15.3 Å². The molecule has 0 aliphatic carbocycles. The van der Waals surface area contributed by atoms with Gasteiger partial charge in [0.25, 0.3) is 0 Å². The zero-order chi connectivity index (χ0) is 13.1. The first kappa shape index (κ1) is 13.7. The maximum Gasteiger partial charge on any atom is 0.134 e. The first-order valence-corrected chi connectivity index (χ1v) is 5.85. The molecule has 0 amide bonds. The number of aryl methyl sites for hydroxylation is 1. The summed E-state index contributed by atoms with van der Waals surface area (Å²) >= 11 is 0. The van der Waals surface area contributed by atoms with Crippen molar-refractivity contribution in [3.63, 3.8) is 0 Å². The molecule has 0 saturated heterocycles. The number of rotatable bonds is 5. The smallest absolute Gasteiger partial charge is 0.134 e. The molecule has 0 bridgehead atoms. The summed E-state index contributed by atoms with van der Waals surface area (Å²) in [6.45, 7) is 6.11. The molecule has 0 aliphatic heterocycles. The van der Waals surface area contributed by atoms with E-state index in [4.69, 9.17) is 0 Å². The molecule has 0 fully saturated rings. The average Bonchev–Trinajstić information content (AvgIpc) is 2.26. The minimum Gasteiger partial charge on any atom is -0.389 e. The van der Waals surface area contributed by atoms with Crippen LogP contribution < -0.4 is 10.2 Å². The maximum atomic E-state index is 9.80. The average molecular weight is 238 g/mol. The normalized spacial score (nSPS) is 11.4. The van der Waals surface area contributed by atoms with Crippen LogP contribution in [-0.2, 0) is 6.42 Å². The number of nitrogens with zero attached hydrogens (tertiary/aromatic N) is 3. The van der Waals surface area contributed by atoms with Crippen molar-refractivity contribution in [2.45, 2.75) is 32.8 Å². The van der Waals surface area contributed by atoms with Crippen molar-refractivity contribution in [1.82, 2.24) is 9.97 Å². The van der Waals surface area contributed by atoms with Gasteiger partial charge in [-0.25, -0.2) is 9.97 Å². The molecule has 0 saturated carbocycles. The standard InChI is InChI=1S/C12H22N4O/c1-6-9-14-10(13-4)7-11(15-9)16(5)8-12(2,3)17/h7,17H,6,8H2,1-5H3,(H,13,14,15). The van der Waals surface area contributed by atoms with Gasteiger partial charge in [0, 0.05) is 33.1 Å². The zero-order valence-electron chi connectivity index (χ0n) is 11.3. The maximum absolute atomic E-state index is 9.80. The Hall–Kier alpha value is -1.36. The highest BCUT2D eigenvalue weighted by atomic mass is 16.3. The fraction of sp³-hybridized carbons (Fsp3) is 0.667. The number of aromatic nitrogens is 2. The van der Waals surface area contributed by atoms with Gasteiger partial charge in [-0.15, -0.1) is 0 Å². The highest BCUT2D eigenvalue weighted by Gasteiger charge is 2.17. The Kier molecular flexibility index (Phi) is 4.28. The van der Waals surface area contributed by atoms with Gasteiger partial charge in [0.05, 0.1) is 5.60 Å². The summed E-state index contributed by atoms with van der Waals surface area (Å²) in [6, 6.07) is 1.88. The molecule has 0 radical (unpaired) electrons. The van der Waals surface area contributed by atoms with Crippen LogP contribution in [0.1, 0.15) is 26.6 Å². The summed E-state index contributed by atoms with van der Waals surface area (Å²) in [5, 5.41) is 12.8. The Morgan fingerprint density at radius 1 is 1.41 bits per heavy atom. The quantitative estimate of drug-likeness (QED) is 0.809. The van der Waals surface area contributed by atoms with Crippen LogP contribution in [0.2, 0.25) is 0 Å². The second-order valence-electron chi connectivity index (χ2n) is 4.80. The number of hydrogen-bond donors (Lipinski definition) is 2. The van der Waals surface area contributed by atoms with E-state index in [1.807, 2.05) is 32.0 Å². The van der Waals surface area contributed by atoms with E-state index >= 15 is 0 Å². The van der Waals surface area contributed by atoms with Gasteiger partial charge in [0.2, 0.25) is 0 Å². The third-order valence-electron chi connectivity index (χ3n) is 2.35. The summed E-state index contributed by atoms with van der Waals surface area (Å²) in [5.41, 5.74) is -0.744. The van der Waals surface area contributed by atoms with Gasteiger partial charge >= 0.3 is 0 Å². The zero-order valence-corrected chi connectivity index (χ0v) is 11.3. The molecule has 0 aliphatic rings. The highest BCUT2D eigenvalue weighted by molar-refractivity contribution is 5.48. The molecule has 1 heterocycles. The fourth-order valence-corrected chi connectivity index (χ4v) is 1.63. The molecule has 5 heteroatoms. The third-order valence-corrected chi connectivity index (χ3v) is 2.35. The van der Waals surface area contributed by atoms with Gasteiger partial charge in [-0.3, -0.25) is 0 Å². The Morgan fingerprint density at radius 3 is 2.53 bits per heavy atom. The highest BCUT2D eigenvalue weighted by Crippen LogP contribution is 2.17. The molecular weight excluding hydrogens is 216 g/mol. The Morgan fingerprint density at radius 2 is 2.06 bits per heavy atom. The summed E-state index contributed by atoms with van der Waals surface area (Å²) < 4.78 is 0. The molecule has 0 spiro atoms. The van der Waals surface area contributed by atoms with Crippen molar-refractivity contribution in [3.8, 4) is 0 Å². The van der Waals surface area contributed by atoms with Gasteiger partial charge in [-0.2, -0.15) is 0 Å². The molecule has 1 aromatic heterocycles. The summed E-state index contributed by atoms with van der Waals surface area (Å²) in [7, 11) is 3.75. The lowest BCUT2D eigenvalue weighted by molar-refractivity contribution is 0.0884. The number of likely N-dealkylation sites (N-methyl/N-ethyl adjacent to an activating group) is 1. The second-order valence-corrected chi connectivity index (χ2v) is 4.80. The SMILES string of the molecule is CCc1nc(NC)cc(N(C)CC(C)(C)O)n1. The first-order valence-electron chi connectivity index (χ1n) is 5.85. The van der Waals surface area contributed by atoms with E-state index in [1.54, 1.807) is 13.8 Å². The summed E-state index contributed by atoms with van der Waals surface area (Å²) in [6.07, 6.45) is 0.791. The second kappa shape index (κ2) is 5.31. The molecular formula is C12H22N4O. The van der Waals surface area contributed by atoms with Crippen LogP contribution in [0, 0.1) is 0 Å². The predicted molar refractivity (Wildman–Crippen MR) is 70.5 cm³/mol. The molecule has 1 aromatic rings. The van der Waals surface area contributed by atoms with Crippen molar-refractivity contribution in [1.29, 1.82) is 0 Å². The molecule has 0 atom stereocenters. The van der Waals surface area contributed by atoms with Gasteiger partial charge in [-0.1, -0.05) is 6.92 Å². The van der Waals surface area contributed by atoms with Gasteiger partial charge in [0.1, 0.15) is 17.5 Å². The molecule has 96 valence electrons. The number of aliphatic hydroxyl groups is 1. The van der Waals surface area contributed by atoms with E-state index in [0.717, 1.165) is 23.9 Å². The predicted octanol–water partition coefficient (Wildman–Crippen LogP) is 1.29. The summed E-state index contributed by atoms with van der Waals surface area (Å²) in [4.78, 5) is 10.7. The van der Waals surface area contributed by atoms with Gasteiger partial charge in [0.15, 0.2) is 0 Å². The minimum absolute atomic E-state index is 0.524. The van der Waals surface area contributed by atoms with Gasteiger partial charge < -0.3 is 15.3 Å². The van der Waals surface area contributed by atoms with Gasteiger partial charge in [-0.05, 0) is 13.8 Å². The molecule has 17 heavy (non-hydrogen) atoms. The van der Waals surface area contributed by atoms with Crippen LogP contribution in [0.25, 0.3) is 0 Å². The van der Waals surface area contributed by atoms with E-state index in [-0.39, 0.29) is 0 Å². The van der Waals surface area contributed by atoms with Crippen LogP contribution in [0.4, 0.5) is 11.6 Å². The number of anilines is 2. The molecule has 1 rings (SSSR count). The van der Waals surface area contributed by atoms with Crippen LogP contribution >= 0.6 is 0 Å². The topological polar surface area (TPSA) is 61.3 Å². The third kappa shape index (κ3) is 4.19. The largest absolute Gasteiger partial charge is 0.389 e. The molecule has 0 aromatic carbocycles. The Balaban J connectivity index is 2.96. The number of hydrogen-bond acceptors (Lipinski definition) is 5. The number of nitrogens with one attached hydrogen (secondary N) is 1. The lowest BCUT2D eigenvalue weighted by Gasteiger charge is -2.26. The summed E-state index contributed by atoms with van der Waals surface area (Å²) in [5.74, 6) is 2.42. The van der Waals surface area contributed by atoms with Crippen LogP contribution in [-0.4, -0.2) is 41.3 Å². The van der Waals surface area contributed by atoms with E-state index in [1.165, 1.54) is 0 Å². The lowest BCUT2D eigenvalue weighted by Crippen LogP contribution is -2.36. The van der Waals surface area contributed by atoms with E-state index < -0.39 is 5.60 Å².